The summed E-state index contributed by atoms with van der Waals surface area (Å²) in [7, 11) is 1.55. The molecular formula is C20H27NO7. The molecule has 1 aliphatic heterocycles. The lowest BCUT2D eigenvalue weighted by molar-refractivity contribution is -0.162. The van der Waals surface area contributed by atoms with Crippen LogP contribution in [0.4, 0.5) is 5.69 Å². The van der Waals surface area contributed by atoms with Crippen LogP contribution in [0, 0.1) is 11.8 Å². The molecule has 2 rings (SSSR count). The molecule has 1 aliphatic rings. The van der Waals surface area contributed by atoms with Crippen molar-refractivity contribution < 1.29 is 33.7 Å². The molecule has 1 aromatic carbocycles. The van der Waals surface area contributed by atoms with Crippen molar-refractivity contribution in [1.29, 1.82) is 0 Å². The second kappa shape index (κ2) is 10.2. The number of amides is 1. The predicted molar refractivity (Wildman–Crippen MR) is 101 cm³/mol. The molecule has 0 fully saturated rings. The van der Waals surface area contributed by atoms with E-state index in [1.165, 1.54) is 4.90 Å². The SMILES string of the molecule is COCCOCOC(=O)[C@H](C)C[C@@H](C)C(=O)N1c2ccccc2C[C@H]1C(=O)O. The number of fused-ring (bicyclic) bond motifs is 1. The van der Waals surface area contributed by atoms with Gasteiger partial charge in [0.05, 0.1) is 19.1 Å². The number of hydrogen-bond donors (Lipinski definition) is 1. The topological polar surface area (TPSA) is 102 Å². The number of aliphatic carboxylic acids is 1. The summed E-state index contributed by atoms with van der Waals surface area (Å²) >= 11 is 0. The van der Waals surface area contributed by atoms with E-state index in [1.807, 2.05) is 12.1 Å². The number of methoxy groups -OCH3 is 1. The summed E-state index contributed by atoms with van der Waals surface area (Å²) in [6, 6.07) is 6.24. The van der Waals surface area contributed by atoms with E-state index in [0.717, 1.165) is 5.56 Å². The first kappa shape index (κ1) is 21.8. The van der Waals surface area contributed by atoms with Crippen LogP contribution < -0.4 is 4.90 Å². The number of benzene rings is 1. The van der Waals surface area contributed by atoms with Crippen molar-refractivity contribution in [2.75, 3.05) is 32.0 Å². The first-order chi connectivity index (χ1) is 13.4. The molecule has 154 valence electrons. The van der Waals surface area contributed by atoms with E-state index in [-0.39, 0.29) is 25.5 Å². The Morgan fingerprint density at radius 2 is 1.89 bits per heavy atom. The Morgan fingerprint density at radius 1 is 1.18 bits per heavy atom. The van der Waals surface area contributed by atoms with Gasteiger partial charge >= 0.3 is 11.9 Å². The number of carbonyl (C=O) groups is 3. The summed E-state index contributed by atoms with van der Waals surface area (Å²) in [6.45, 7) is 3.92. The molecule has 8 nitrogen and oxygen atoms in total. The highest BCUT2D eigenvalue weighted by molar-refractivity contribution is 6.03. The number of carboxylic acids is 1. The Kier molecular flexibility index (Phi) is 7.95. The van der Waals surface area contributed by atoms with Gasteiger partial charge in [0.15, 0.2) is 6.79 Å². The number of anilines is 1. The lowest BCUT2D eigenvalue weighted by atomic mass is 9.95. The van der Waals surface area contributed by atoms with Gasteiger partial charge in [-0.2, -0.15) is 0 Å². The summed E-state index contributed by atoms with van der Waals surface area (Å²) < 4.78 is 15.0. The van der Waals surface area contributed by atoms with E-state index in [2.05, 4.69) is 0 Å². The van der Waals surface area contributed by atoms with Crippen LogP contribution >= 0.6 is 0 Å². The van der Waals surface area contributed by atoms with Gasteiger partial charge in [0.1, 0.15) is 6.04 Å². The van der Waals surface area contributed by atoms with Gasteiger partial charge in [0.2, 0.25) is 5.91 Å². The van der Waals surface area contributed by atoms with E-state index in [9.17, 15) is 19.5 Å². The summed E-state index contributed by atoms with van der Waals surface area (Å²) in [5.41, 5.74) is 1.45. The van der Waals surface area contributed by atoms with Crippen LogP contribution in [0.25, 0.3) is 0 Å². The minimum absolute atomic E-state index is 0.171. The summed E-state index contributed by atoms with van der Waals surface area (Å²) in [5.74, 6) is -2.88. The molecule has 0 saturated heterocycles. The fourth-order valence-corrected chi connectivity index (χ4v) is 3.26. The van der Waals surface area contributed by atoms with Crippen molar-refractivity contribution in [3.8, 4) is 0 Å². The molecule has 0 unspecified atom stereocenters. The number of esters is 1. The van der Waals surface area contributed by atoms with Crippen molar-refractivity contribution in [2.24, 2.45) is 11.8 Å². The zero-order valence-electron chi connectivity index (χ0n) is 16.4. The average Bonchev–Trinajstić information content (AvgIpc) is 3.06. The van der Waals surface area contributed by atoms with Crippen LogP contribution in [-0.2, 0) is 35.0 Å². The molecule has 0 saturated carbocycles. The molecule has 1 aromatic rings. The molecular weight excluding hydrogens is 366 g/mol. The van der Waals surface area contributed by atoms with E-state index in [4.69, 9.17) is 14.2 Å². The van der Waals surface area contributed by atoms with Gasteiger partial charge in [0, 0.05) is 25.1 Å². The number of ether oxygens (including phenoxy) is 3. The van der Waals surface area contributed by atoms with Crippen LogP contribution in [0.3, 0.4) is 0 Å². The van der Waals surface area contributed by atoms with Crippen molar-refractivity contribution in [1.82, 2.24) is 0 Å². The van der Waals surface area contributed by atoms with Crippen LogP contribution in [0.5, 0.6) is 0 Å². The fourth-order valence-electron chi connectivity index (χ4n) is 3.26. The summed E-state index contributed by atoms with van der Waals surface area (Å²) in [5, 5.41) is 9.52. The standard InChI is InChI=1S/C20H27NO7/c1-13(10-14(2)20(25)28-12-27-9-8-26-3)18(22)21-16-7-5-4-6-15(16)11-17(21)19(23)24/h4-7,13-14,17H,8-12H2,1-3H3,(H,23,24)/t13-,14-,17+/m1/s1. The van der Waals surface area contributed by atoms with E-state index < -0.39 is 29.8 Å². The van der Waals surface area contributed by atoms with Gasteiger partial charge in [-0.05, 0) is 18.1 Å². The van der Waals surface area contributed by atoms with E-state index in [0.29, 0.717) is 18.9 Å². The average molecular weight is 393 g/mol. The Morgan fingerprint density at radius 3 is 2.57 bits per heavy atom. The van der Waals surface area contributed by atoms with Crippen molar-refractivity contribution >= 4 is 23.5 Å². The first-order valence-corrected chi connectivity index (χ1v) is 9.23. The Hall–Kier alpha value is -2.45. The number of carbonyl (C=O) groups excluding carboxylic acids is 2. The highest BCUT2D eigenvalue weighted by Crippen LogP contribution is 2.34. The van der Waals surface area contributed by atoms with Crippen LogP contribution in [-0.4, -0.2) is 56.1 Å². The molecule has 0 spiro atoms. The van der Waals surface area contributed by atoms with Gasteiger partial charge in [-0.3, -0.25) is 14.5 Å². The highest BCUT2D eigenvalue weighted by Gasteiger charge is 2.40. The maximum Gasteiger partial charge on any atom is 0.327 e. The largest absolute Gasteiger partial charge is 0.480 e. The number of hydrogen-bond acceptors (Lipinski definition) is 6. The normalized spacial score (nSPS) is 17.7. The maximum absolute atomic E-state index is 13.0. The molecule has 0 aliphatic carbocycles. The van der Waals surface area contributed by atoms with Crippen molar-refractivity contribution in [2.45, 2.75) is 32.7 Å². The monoisotopic (exact) mass is 393 g/mol. The molecule has 1 N–H and O–H groups in total. The zero-order chi connectivity index (χ0) is 20.7. The molecule has 0 bridgehead atoms. The number of para-hydroxylation sites is 1. The van der Waals surface area contributed by atoms with Crippen LogP contribution in [0.15, 0.2) is 24.3 Å². The lowest BCUT2D eigenvalue weighted by Gasteiger charge is -2.26. The number of rotatable bonds is 10. The molecule has 1 amide bonds. The van der Waals surface area contributed by atoms with Crippen molar-refractivity contribution in [3.63, 3.8) is 0 Å². The molecule has 1 heterocycles. The summed E-state index contributed by atoms with van der Waals surface area (Å²) in [4.78, 5) is 38.0. The Labute approximate surface area is 164 Å². The van der Waals surface area contributed by atoms with Gasteiger partial charge in [-0.25, -0.2) is 4.79 Å². The third-order valence-electron chi connectivity index (χ3n) is 4.75. The molecule has 8 heteroatoms. The molecule has 3 atom stereocenters. The maximum atomic E-state index is 13.0. The fraction of sp³-hybridized carbons (Fsp3) is 0.550. The molecule has 0 radical (unpaired) electrons. The smallest absolute Gasteiger partial charge is 0.327 e. The van der Waals surface area contributed by atoms with E-state index in [1.54, 1.807) is 33.1 Å². The van der Waals surface area contributed by atoms with Gasteiger partial charge in [-0.15, -0.1) is 0 Å². The van der Waals surface area contributed by atoms with E-state index >= 15 is 0 Å². The second-order valence-electron chi connectivity index (χ2n) is 6.92. The highest BCUT2D eigenvalue weighted by atomic mass is 16.7. The van der Waals surface area contributed by atoms with Crippen LogP contribution in [0.2, 0.25) is 0 Å². The zero-order valence-corrected chi connectivity index (χ0v) is 16.4. The predicted octanol–water partition coefficient (Wildman–Crippen LogP) is 1.85. The Bertz CT molecular complexity index is 706. The molecule has 28 heavy (non-hydrogen) atoms. The minimum atomic E-state index is -1.04. The quantitative estimate of drug-likeness (QED) is 0.368. The summed E-state index contributed by atoms with van der Waals surface area (Å²) in [6.07, 6.45) is 0.529. The lowest BCUT2D eigenvalue weighted by Crippen LogP contribution is -2.45. The second-order valence-corrected chi connectivity index (χ2v) is 6.92. The number of nitrogens with zero attached hydrogens (tertiary/aromatic N) is 1. The first-order valence-electron chi connectivity index (χ1n) is 9.23. The minimum Gasteiger partial charge on any atom is -0.480 e. The molecule has 0 aromatic heterocycles. The third-order valence-corrected chi connectivity index (χ3v) is 4.75. The van der Waals surface area contributed by atoms with Crippen LogP contribution in [0.1, 0.15) is 25.8 Å². The van der Waals surface area contributed by atoms with Crippen molar-refractivity contribution in [3.05, 3.63) is 29.8 Å². The van der Waals surface area contributed by atoms with Gasteiger partial charge in [0.25, 0.3) is 0 Å². The van der Waals surface area contributed by atoms with Gasteiger partial charge < -0.3 is 19.3 Å². The third kappa shape index (κ3) is 5.30. The number of carboxylic acid groups (broad SMARTS) is 1. The van der Waals surface area contributed by atoms with Gasteiger partial charge in [-0.1, -0.05) is 32.0 Å². The Balaban J connectivity index is 1.95.